The Kier molecular flexibility index (Phi) is 9.73. The Balaban J connectivity index is 1.54. The molecule has 11 heteroatoms. The topological polar surface area (TPSA) is 133 Å². The maximum atomic E-state index is 13.4. The van der Waals surface area contributed by atoms with Gasteiger partial charge in [-0.05, 0) is 40.4 Å². The molecule has 1 aliphatic rings. The van der Waals surface area contributed by atoms with Gasteiger partial charge in [-0.1, -0.05) is 60.7 Å². The van der Waals surface area contributed by atoms with Crippen molar-refractivity contribution in [3.63, 3.8) is 0 Å². The Morgan fingerprint density at radius 3 is 2.38 bits per heavy atom. The van der Waals surface area contributed by atoms with Crippen LogP contribution < -0.4 is 14.8 Å². The van der Waals surface area contributed by atoms with Crippen LogP contribution in [0.5, 0.6) is 11.5 Å². The maximum Gasteiger partial charge on any atom is 0.332 e. The van der Waals surface area contributed by atoms with E-state index in [9.17, 15) is 19.5 Å². The van der Waals surface area contributed by atoms with Crippen LogP contribution in [-0.2, 0) is 32.1 Å². The Morgan fingerprint density at radius 1 is 1.07 bits per heavy atom. The minimum absolute atomic E-state index is 0.0622. The first kappa shape index (κ1) is 29.0. The first-order valence-corrected chi connectivity index (χ1v) is 13.4. The maximum absolute atomic E-state index is 13.4. The van der Waals surface area contributed by atoms with Crippen LogP contribution >= 0.6 is 15.9 Å². The molecule has 10 nitrogen and oxygen atoms in total. The molecular formula is C29H29BrN2O8. The Morgan fingerprint density at radius 2 is 1.73 bits per heavy atom. The number of rotatable bonds is 8. The van der Waals surface area contributed by atoms with E-state index in [4.69, 9.17) is 18.9 Å². The molecule has 1 amide bonds. The molecule has 1 aliphatic heterocycles. The summed E-state index contributed by atoms with van der Waals surface area (Å²) in [4.78, 5) is 43.6. The van der Waals surface area contributed by atoms with Gasteiger partial charge in [0.05, 0.1) is 13.0 Å². The fraction of sp³-hybridized carbons (Fsp3) is 0.310. The number of halogens is 1. The van der Waals surface area contributed by atoms with Gasteiger partial charge in [-0.2, -0.15) is 0 Å². The lowest BCUT2D eigenvalue weighted by molar-refractivity contribution is -0.159. The summed E-state index contributed by atoms with van der Waals surface area (Å²) in [6.45, 7) is 1.11. The molecule has 4 atom stereocenters. The molecule has 3 aromatic rings. The lowest BCUT2D eigenvalue weighted by Gasteiger charge is -2.25. The zero-order valence-corrected chi connectivity index (χ0v) is 23.5. The summed E-state index contributed by atoms with van der Waals surface area (Å²) in [6, 6.07) is 18.6. The van der Waals surface area contributed by atoms with Crippen molar-refractivity contribution in [2.24, 2.45) is 5.92 Å². The average Bonchev–Trinajstić information content (AvgIpc) is 2.99. The number of benzene rings is 2. The van der Waals surface area contributed by atoms with E-state index in [0.29, 0.717) is 4.60 Å². The summed E-state index contributed by atoms with van der Waals surface area (Å²) in [5.41, 5.74) is 1.50. The van der Waals surface area contributed by atoms with E-state index in [1.165, 1.54) is 14.0 Å². The normalized spacial score (nSPS) is 21.2. The summed E-state index contributed by atoms with van der Waals surface area (Å²) < 4.78 is 22.4. The fourth-order valence-electron chi connectivity index (χ4n) is 4.20. The first-order chi connectivity index (χ1) is 19.3. The standard InChI is InChI=1S/C29H29BrN2O8/c1-17-25(33)20(13-18-9-5-3-6-10-18)28(35)39-16-21(29(36)40-17)31-27(34)24-26(22(37-2)14-23(30)32-24)38-15-19-11-7-4-8-12-19/h3-12,14,17,20-21,25,33H,13,15-16H2,1-2H3,(H,31,34). The van der Waals surface area contributed by atoms with Gasteiger partial charge in [0.2, 0.25) is 0 Å². The molecule has 0 saturated carbocycles. The predicted molar refractivity (Wildman–Crippen MR) is 147 cm³/mol. The van der Waals surface area contributed by atoms with Gasteiger partial charge in [0.15, 0.2) is 23.2 Å². The molecule has 0 bridgehead atoms. The molecule has 40 heavy (non-hydrogen) atoms. The van der Waals surface area contributed by atoms with Gasteiger partial charge < -0.3 is 29.4 Å². The monoisotopic (exact) mass is 612 g/mol. The summed E-state index contributed by atoms with van der Waals surface area (Å²) in [5.74, 6) is -3.04. The van der Waals surface area contributed by atoms with Gasteiger partial charge in [-0.25, -0.2) is 9.78 Å². The van der Waals surface area contributed by atoms with E-state index in [1.807, 2.05) is 60.7 Å². The lowest BCUT2D eigenvalue weighted by atomic mass is 9.91. The third-order valence-electron chi connectivity index (χ3n) is 6.35. The Hall–Kier alpha value is -3.96. The van der Waals surface area contributed by atoms with Crippen LogP contribution in [0.2, 0.25) is 0 Å². The summed E-state index contributed by atoms with van der Waals surface area (Å²) in [7, 11) is 1.42. The number of hydrogen-bond donors (Lipinski definition) is 2. The number of aliphatic hydroxyl groups excluding tert-OH is 1. The number of carbonyl (C=O) groups excluding carboxylic acids is 3. The molecule has 1 aromatic heterocycles. The second-order valence-electron chi connectivity index (χ2n) is 9.18. The number of carbonyl (C=O) groups is 3. The van der Waals surface area contributed by atoms with Gasteiger partial charge in [-0.3, -0.25) is 9.59 Å². The van der Waals surface area contributed by atoms with E-state index in [-0.39, 0.29) is 30.2 Å². The molecule has 1 saturated heterocycles. The number of ether oxygens (including phenoxy) is 4. The molecule has 2 N–H and O–H groups in total. The highest BCUT2D eigenvalue weighted by Crippen LogP contribution is 2.33. The van der Waals surface area contributed by atoms with E-state index in [2.05, 4.69) is 26.2 Å². The highest BCUT2D eigenvalue weighted by molar-refractivity contribution is 9.10. The number of cyclic esters (lactones) is 2. The van der Waals surface area contributed by atoms with Gasteiger partial charge in [-0.15, -0.1) is 0 Å². The van der Waals surface area contributed by atoms with E-state index >= 15 is 0 Å². The number of pyridine rings is 1. The molecule has 210 valence electrons. The van der Waals surface area contributed by atoms with Crippen LogP contribution in [0.25, 0.3) is 0 Å². The van der Waals surface area contributed by atoms with Crippen molar-refractivity contribution in [2.75, 3.05) is 13.7 Å². The fourth-order valence-corrected chi connectivity index (χ4v) is 4.58. The summed E-state index contributed by atoms with van der Waals surface area (Å²) in [6.07, 6.45) is -2.18. The second-order valence-corrected chi connectivity index (χ2v) is 10.00. The van der Waals surface area contributed by atoms with Crippen LogP contribution in [0.15, 0.2) is 71.3 Å². The number of nitrogens with one attached hydrogen (secondary N) is 1. The van der Waals surface area contributed by atoms with Crippen molar-refractivity contribution >= 4 is 33.8 Å². The number of aromatic nitrogens is 1. The third kappa shape index (κ3) is 7.16. The van der Waals surface area contributed by atoms with E-state index < -0.39 is 48.6 Å². The van der Waals surface area contributed by atoms with E-state index in [0.717, 1.165) is 11.1 Å². The lowest BCUT2D eigenvalue weighted by Crippen LogP contribution is -2.46. The quantitative estimate of drug-likeness (QED) is 0.290. The van der Waals surface area contributed by atoms with Crippen molar-refractivity contribution in [1.82, 2.24) is 10.3 Å². The highest BCUT2D eigenvalue weighted by Gasteiger charge is 2.39. The van der Waals surface area contributed by atoms with Crippen molar-refractivity contribution < 1.29 is 38.4 Å². The molecule has 2 heterocycles. The first-order valence-electron chi connectivity index (χ1n) is 12.6. The van der Waals surface area contributed by atoms with Gasteiger partial charge >= 0.3 is 11.9 Å². The summed E-state index contributed by atoms with van der Waals surface area (Å²) in [5, 5.41) is 13.4. The largest absolute Gasteiger partial charge is 0.493 e. The molecule has 2 aromatic carbocycles. The number of amides is 1. The Labute approximate surface area is 239 Å². The van der Waals surface area contributed by atoms with Crippen molar-refractivity contribution in [3.8, 4) is 11.5 Å². The molecular weight excluding hydrogens is 584 g/mol. The number of methoxy groups -OCH3 is 1. The SMILES string of the molecule is COc1cc(Br)nc(C(=O)NC2COC(=O)C(Cc3ccccc3)C(O)C(C)OC2=O)c1OCc1ccccc1. The Bertz CT molecular complexity index is 1340. The predicted octanol–water partition coefficient (Wildman–Crippen LogP) is 3.24. The zero-order chi connectivity index (χ0) is 28.6. The third-order valence-corrected chi connectivity index (χ3v) is 6.75. The van der Waals surface area contributed by atoms with Crippen LogP contribution in [-0.4, -0.2) is 59.9 Å². The highest BCUT2D eigenvalue weighted by atomic mass is 79.9. The molecule has 0 aliphatic carbocycles. The van der Waals surface area contributed by atoms with Gasteiger partial charge in [0, 0.05) is 6.07 Å². The molecule has 1 fully saturated rings. The van der Waals surface area contributed by atoms with Crippen LogP contribution in [0.3, 0.4) is 0 Å². The van der Waals surface area contributed by atoms with Crippen LogP contribution in [0.4, 0.5) is 0 Å². The minimum Gasteiger partial charge on any atom is -0.493 e. The van der Waals surface area contributed by atoms with Crippen LogP contribution in [0, 0.1) is 5.92 Å². The molecule has 4 rings (SSSR count). The minimum atomic E-state index is -1.37. The van der Waals surface area contributed by atoms with Crippen LogP contribution in [0.1, 0.15) is 28.5 Å². The van der Waals surface area contributed by atoms with Crippen molar-refractivity contribution in [1.29, 1.82) is 0 Å². The van der Waals surface area contributed by atoms with Crippen molar-refractivity contribution in [2.45, 2.75) is 38.2 Å². The van der Waals surface area contributed by atoms with Gasteiger partial charge in [0.1, 0.15) is 30.0 Å². The average molecular weight is 613 g/mol. The number of nitrogens with zero attached hydrogens (tertiary/aromatic N) is 1. The zero-order valence-electron chi connectivity index (χ0n) is 21.9. The molecule has 4 unspecified atom stereocenters. The molecule has 0 radical (unpaired) electrons. The second kappa shape index (κ2) is 13.4. The number of aliphatic hydroxyl groups is 1. The van der Waals surface area contributed by atoms with E-state index in [1.54, 1.807) is 6.07 Å². The van der Waals surface area contributed by atoms with Crippen molar-refractivity contribution in [3.05, 3.63) is 88.2 Å². The van der Waals surface area contributed by atoms with Gasteiger partial charge in [0.25, 0.3) is 5.91 Å². The smallest absolute Gasteiger partial charge is 0.332 e. The summed E-state index contributed by atoms with van der Waals surface area (Å²) >= 11 is 3.26. The number of hydrogen-bond acceptors (Lipinski definition) is 9. The number of esters is 2. The molecule has 0 spiro atoms.